The molecule has 1 aromatic heterocycles. The largest absolute Gasteiger partial charge is 0.448 e. The van der Waals surface area contributed by atoms with Gasteiger partial charge in [-0.15, -0.1) is 0 Å². The van der Waals surface area contributed by atoms with Crippen LogP contribution >= 0.6 is 0 Å². The van der Waals surface area contributed by atoms with Crippen molar-refractivity contribution in [1.82, 2.24) is 0 Å². The molecule has 94 valence electrons. The van der Waals surface area contributed by atoms with Gasteiger partial charge >= 0.3 is 0 Å². The highest BCUT2D eigenvalue weighted by Crippen LogP contribution is 2.36. The Kier molecular flexibility index (Phi) is 3.07. The molecule has 0 N–H and O–H groups in total. The third kappa shape index (κ3) is 2.25. The first-order chi connectivity index (χ1) is 9.36. The van der Waals surface area contributed by atoms with E-state index in [1.54, 1.807) is 6.26 Å². The molecule has 0 spiro atoms. The summed E-state index contributed by atoms with van der Waals surface area (Å²) >= 11 is 0. The summed E-state index contributed by atoms with van der Waals surface area (Å²) in [7, 11) is 0. The quantitative estimate of drug-likeness (QED) is 0.645. The van der Waals surface area contributed by atoms with Crippen molar-refractivity contribution in [2.75, 3.05) is 4.90 Å². The van der Waals surface area contributed by atoms with Crippen LogP contribution in [0, 0.1) is 6.92 Å². The van der Waals surface area contributed by atoms with Gasteiger partial charge in [-0.3, -0.25) is 4.90 Å². The first-order valence-electron chi connectivity index (χ1n) is 6.30. The van der Waals surface area contributed by atoms with Crippen LogP contribution < -0.4 is 4.90 Å². The number of furan rings is 1. The zero-order valence-electron chi connectivity index (χ0n) is 10.8. The van der Waals surface area contributed by atoms with Crippen molar-refractivity contribution in [3.05, 3.63) is 78.6 Å². The maximum absolute atomic E-state index is 5.66. The van der Waals surface area contributed by atoms with E-state index in [1.807, 2.05) is 42.5 Å². The van der Waals surface area contributed by atoms with E-state index in [0.29, 0.717) is 0 Å². The van der Waals surface area contributed by atoms with E-state index < -0.39 is 0 Å². The highest BCUT2D eigenvalue weighted by atomic mass is 16.3. The van der Waals surface area contributed by atoms with E-state index in [0.717, 1.165) is 22.8 Å². The molecule has 0 aliphatic heterocycles. The number of anilines is 3. The summed E-state index contributed by atoms with van der Waals surface area (Å²) in [5.41, 5.74) is 3.30. The van der Waals surface area contributed by atoms with Gasteiger partial charge < -0.3 is 4.42 Å². The molecule has 2 aromatic carbocycles. The zero-order chi connectivity index (χ0) is 13.1. The van der Waals surface area contributed by atoms with Gasteiger partial charge in [-0.25, -0.2) is 0 Å². The third-order valence-electron chi connectivity index (χ3n) is 3.07. The van der Waals surface area contributed by atoms with E-state index in [1.165, 1.54) is 0 Å². The molecule has 3 rings (SSSR count). The molecule has 0 saturated carbocycles. The third-order valence-corrected chi connectivity index (χ3v) is 3.07. The van der Waals surface area contributed by atoms with E-state index >= 15 is 0 Å². The summed E-state index contributed by atoms with van der Waals surface area (Å²) in [6, 6.07) is 22.4. The molecule has 0 amide bonds. The van der Waals surface area contributed by atoms with Crippen molar-refractivity contribution in [1.29, 1.82) is 0 Å². The highest BCUT2D eigenvalue weighted by molar-refractivity contribution is 5.74. The van der Waals surface area contributed by atoms with Gasteiger partial charge in [0, 0.05) is 16.9 Å². The average molecular weight is 249 g/mol. The molecule has 0 aliphatic carbocycles. The Balaban J connectivity index is 2.15. The van der Waals surface area contributed by atoms with Gasteiger partial charge in [0.15, 0.2) is 0 Å². The van der Waals surface area contributed by atoms with Gasteiger partial charge in [0.05, 0.1) is 6.26 Å². The van der Waals surface area contributed by atoms with Crippen LogP contribution in [0.15, 0.2) is 77.4 Å². The van der Waals surface area contributed by atoms with Crippen LogP contribution in [0.25, 0.3) is 0 Å². The Morgan fingerprint density at radius 1 is 0.737 bits per heavy atom. The first kappa shape index (κ1) is 11.6. The van der Waals surface area contributed by atoms with Crippen LogP contribution in [-0.2, 0) is 0 Å². The van der Waals surface area contributed by atoms with Crippen molar-refractivity contribution in [2.24, 2.45) is 0 Å². The van der Waals surface area contributed by atoms with Gasteiger partial charge in [0.1, 0.15) is 0 Å². The molecule has 0 atom stereocenters. The molecule has 0 fully saturated rings. The van der Waals surface area contributed by atoms with Crippen LogP contribution in [0.3, 0.4) is 0 Å². The topological polar surface area (TPSA) is 16.4 Å². The first-order valence-corrected chi connectivity index (χ1v) is 6.30. The number of rotatable bonds is 3. The Morgan fingerprint density at radius 3 is 1.68 bits per heavy atom. The Hall–Kier alpha value is -2.48. The Labute approximate surface area is 112 Å². The van der Waals surface area contributed by atoms with Crippen LogP contribution in [0.4, 0.5) is 17.3 Å². The van der Waals surface area contributed by atoms with Crippen molar-refractivity contribution in [2.45, 2.75) is 6.92 Å². The fourth-order valence-corrected chi connectivity index (χ4v) is 2.13. The molecule has 2 nitrogen and oxygen atoms in total. The summed E-state index contributed by atoms with van der Waals surface area (Å²) in [5.74, 6) is 0.859. The number of hydrogen-bond donors (Lipinski definition) is 0. The van der Waals surface area contributed by atoms with Crippen LogP contribution in [0.1, 0.15) is 5.56 Å². The minimum Gasteiger partial charge on any atom is -0.448 e. The molecular weight excluding hydrogens is 234 g/mol. The van der Waals surface area contributed by atoms with Gasteiger partial charge in [-0.05, 0) is 37.3 Å². The van der Waals surface area contributed by atoms with Crippen LogP contribution in [0.5, 0.6) is 0 Å². The summed E-state index contributed by atoms with van der Waals surface area (Å²) in [5, 5.41) is 0. The van der Waals surface area contributed by atoms with Crippen LogP contribution in [0.2, 0.25) is 0 Å². The molecular formula is C17H15NO. The standard InChI is InChI=1S/C17H15NO/c1-14-12-13-19-17(14)18(15-8-4-2-5-9-15)16-10-6-3-7-11-16/h2-13H,1H3. The van der Waals surface area contributed by atoms with Crippen molar-refractivity contribution in [3.8, 4) is 0 Å². The monoisotopic (exact) mass is 249 g/mol. The predicted octanol–water partition coefficient (Wildman–Crippen LogP) is 5.06. The fraction of sp³-hybridized carbons (Fsp3) is 0.0588. The minimum atomic E-state index is 0.859. The molecule has 0 aliphatic rings. The number of hydrogen-bond acceptors (Lipinski definition) is 2. The molecule has 0 radical (unpaired) electrons. The summed E-state index contributed by atoms with van der Waals surface area (Å²) in [6.45, 7) is 2.05. The minimum absolute atomic E-state index is 0.859. The Morgan fingerprint density at radius 2 is 1.26 bits per heavy atom. The summed E-state index contributed by atoms with van der Waals surface area (Å²) < 4.78 is 5.66. The lowest BCUT2D eigenvalue weighted by molar-refractivity contribution is 0.572. The normalized spacial score (nSPS) is 10.4. The maximum Gasteiger partial charge on any atom is 0.207 e. The van der Waals surface area contributed by atoms with E-state index in [-0.39, 0.29) is 0 Å². The second-order valence-corrected chi connectivity index (χ2v) is 4.42. The van der Waals surface area contributed by atoms with E-state index in [4.69, 9.17) is 4.42 Å². The highest BCUT2D eigenvalue weighted by Gasteiger charge is 2.16. The number of aryl methyl sites for hydroxylation is 1. The lowest BCUT2D eigenvalue weighted by atomic mass is 10.2. The lowest BCUT2D eigenvalue weighted by Gasteiger charge is -2.23. The number of benzene rings is 2. The molecule has 2 heteroatoms. The second kappa shape index (κ2) is 5.02. The predicted molar refractivity (Wildman–Crippen MR) is 78.1 cm³/mol. The second-order valence-electron chi connectivity index (χ2n) is 4.42. The fourth-order valence-electron chi connectivity index (χ4n) is 2.13. The molecule has 0 unspecified atom stereocenters. The van der Waals surface area contributed by atoms with Crippen molar-refractivity contribution < 1.29 is 4.42 Å². The van der Waals surface area contributed by atoms with Gasteiger partial charge in [0.25, 0.3) is 0 Å². The molecule has 3 aromatic rings. The van der Waals surface area contributed by atoms with Crippen molar-refractivity contribution in [3.63, 3.8) is 0 Å². The van der Waals surface area contributed by atoms with E-state index in [2.05, 4.69) is 36.1 Å². The van der Waals surface area contributed by atoms with Crippen LogP contribution in [-0.4, -0.2) is 0 Å². The van der Waals surface area contributed by atoms with Gasteiger partial charge in [-0.1, -0.05) is 36.4 Å². The summed E-state index contributed by atoms with van der Waals surface area (Å²) in [6.07, 6.45) is 1.73. The van der Waals surface area contributed by atoms with Gasteiger partial charge in [0.2, 0.25) is 5.88 Å². The number of nitrogens with zero attached hydrogens (tertiary/aromatic N) is 1. The maximum atomic E-state index is 5.66. The van der Waals surface area contributed by atoms with Crippen molar-refractivity contribution >= 4 is 17.3 Å². The number of para-hydroxylation sites is 2. The molecule has 19 heavy (non-hydrogen) atoms. The Bertz CT molecular complexity index is 604. The summed E-state index contributed by atoms with van der Waals surface area (Å²) in [4.78, 5) is 2.12. The molecule has 1 heterocycles. The molecule has 0 bridgehead atoms. The lowest BCUT2D eigenvalue weighted by Crippen LogP contribution is -2.09. The smallest absolute Gasteiger partial charge is 0.207 e. The average Bonchev–Trinajstić information content (AvgIpc) is 2.88. The van der Waals surface area contributed by atoms with E-state index in [9.17, 15) is 0 Å². The zero-order valence-corrected chi connectivity index (χ0v) is 10.8. The molecule has 0 saturated heterocycles. The van der Waals surface area contributed by atoms with Gasteiger partial charge in [-0.2, -0.15) is 0 Å². The SMILES string of the molecule is Cc1ccoc1N(c1ccccc1)c1ccccc1.